The van der Waals surface area contributed by atoms with Crippen molar-refractivity contribution in [2.24, 2.45) is 0 Å². The van der Waals surface area contributed by atoms with E-state index < -0.39 is 0 Å². The van der Waals surface area contributed by atoms with Crippen molar-refractivity contribution in [3.63, 3.8) is 0 Å². The van der Waals surface area contributed by atoms with Gasteiger partial charge in [-0.05, 0) is 23.9 Å². The van der Waals surface area contributed by atoms with Gasteiger partial charge in [0.2, 0.25) is 0 Å². The first-order valence-corrected chi connectivity index (χ1v) is 8.06. The second-order valence-electron chi connectivity index (χ2n) is 5.23. The molecule has 0 unspecified atom stereocenters. The van der Waals surface area contributed by atoms with Gasteiger partial charge in [-0.15, -0.1) is 16.4 Å². The van der Waals surface area contributed by atoms with E-state index in [9.17, 15) is 4.79 Å². The van der Waals surface area contributed by atoms with Crippen LogP contribution in [0.3, 0.4) is 0 Å². The molecular formula is C16H17N5OS. The van der Waals surface area contributed by atoms with Crippen LogP contribution in [0, 0.1) is 6.92 Å². The molecule has 2 heterocycles. The van der Waals surface area contributed by atoms with Gasteiger partial charge in [-0.2, -0.15) is 0 Å². The molecule has 6 nitrogen and oxygen atoms in total. The van der Waals surface area contributed by atoms with Crippen molar-refractivity contribution in [1.29, 1.82) is 0 Å². The number of benzene rings is 1. The average molecular weight is 327 g/mol. The number of nitrogens with two attached hydrogens (primary N) is 1. The van der Waals surface area contributed by atoms with Crippen molar-refractivity contribution in [3.8, 4) is 0 Å². The quantitative estimate of drug-likeness (QED) is 0.752. The minimum atomic E-state index is -0.314. The zero-order valence-corrected chi connectivity index (χ0v) is 13.5. The van der Waals surface area contributed by atoms with Crippen LogP contribution in [-0.4, -0.2) is 20.9 Å². The fourth-order valence-corrected chi connectivity index (χ4v) is 2.77. The van der Waals surface area contributed by atoms with Crippen LogP contribution in [0.2, 0.25) is 0 Å². The van der Waals surface area contributed by atoms with Crippen LogP contribution in [-0.2, 0) is 13.1 Å². The highest BCUT2D eigenvalue weighted by Gasteiger charge is 2.17. The first-order chi connectivity index (χ1) is 11.1. The predicted octanol–water partition coefficient (Wildman–Crippen LogP) is 2.21. The highest BCUT2D eigenvalue weighted by atomic mass is 32.1. The molecule has 0 bridgehead atoms. The number of rotatable bonds is 5. The molecule has 0 spiro atoms. The molecule has 118 valence electrons. The number of aryl methyl sites for hydroxylation is 1. The summed E-state index contributed by atoms with van der Waals surface area (Å²) >= 11 is 1.59. The highest BCUT2D eigenvalue weighted by Crippen LogP contribution is 2.13. The molecule has 3 aromatic rings. The van der Waals surface area contributed by atoms with Gasteiger partial charge in [-0.25, -0.2) is 4.68 Å². The molecule has 7 heteroatoms. The summed E-state index contributed by atoms with van der Waals surface area (Å²) in [5.41, 5.74) is 8.41. The molecule has 0 saturated carbocycles. The normalized spacial score (nSPS) is 10.7. The average Bonchev–Trinajstić information content (AvgIpc) is 3.18. The van der Waals surface area contributed by atoms with E-state index in [1.54, 1.807) is 11.3 Å². The number of anilines is 1. The maximum absolute atomic E-state index is 12.2. The third-order valence-corrected chi connectivity index (χ3v) is 4.32. The van der Waals surface area contributed by atoms with E-state index in [2.05, 4.69) is 15.6 Å². The predicted molar refractivity (Wildman–Crippen MR) is 90.2 cm³/mol. The van der Waals surface area contributed by atoms with E-state index >= 15 is 0 Å². The summed E-state index contributed by atoms with van der Waals surface area (Å²) in [6.45, 7) is 2.97. The molecule has 0 atom stereocenters. The van der Waals surface area contributed by atoms with Gasteiger partial charge >= 0.3 is 0 Å². The lowest BCUT2D eigenvalue weighted by atomic mass is 10.1. The zero-order chi connectivity index (χ0) is 16.2. The Morgan fingerprint density at radius 3 is 2.78 bits per heavy atom. The topological polar surface area (TPSA) is 85.8 Å². The minimum Gasteiger partial charge on any atom is -0.382 e. The Hall–Kier alpha value is -2.67. The van der Waals surface area contributed by atoms with E-state index in [0.717, 1.165) is 10.4 Å². The summed E-state index contributed by atoms with van der Waals surface area (Å²) < 4.78 is 1.53. The number of thiophene rings is 1. The molecule has 3 N–H and O–H groups in total. The second kappa shape index (κ2) is 6.62. The molecular weight excluding hydrogens is 310 g/mol. The first kappa shape index (κ1) is 15.2. The summed E-state index contributed by atoms with van der Waals surface area (Å²) in [5.74, 6) is -0.0414. The van der Waals surface area contributed by atoms with Crippen molar-refractivity contribution in [2.75, 3.05) is 5.73 Å². The van der Waals surface area contributed by atoms with Crippen LogP contribution >= 0.6 is 11.3 Å². The summed E-state index contributed by atoms with van der Waals surface area (Å²) in [4.78, 5) is 13.2. The van der Waals surface area contributed by atoms with Gasteiger partial charge in [0.25, 0.3) is 5.91 Å². The number of nitrogens with zero attached hydrogens (tertiary/aromatic N) is 3. The van der Waals surface area contributed by atoms with E-state index in [0.29, 0.717) is 13.1 Å². The summed E-state index contributed by atoms with van der Waals surface area (Å²) in [6, 6.07) is 12.0. The van der Waals surface area contributed by atoms with Crippen LogP contribution in [0.5, 0.6) is 0 Å². The lowest BCUT2D eigenvalue weighted by molar-refractivity contribution is 0.0947. The summed E-state index contributed by atoms with van der Waals surface area (Å²) in [5, 5.41) is 12.7. The third kappa shape index (κ3) is 3.57. The van der Waals surface area contributed by atoms with Crippen molar-refractivity contribution in [2.45, 2.75) is 20.0 Å². The van der Waals surface area contributed by atoms with Gasteiger partial charge in [-0.3, -0.25) is 4.79 Å². The third-order valence-electron chi connectivity index (χ3n) is 3.44. The van der Waals surface area contributed by atoms with E-state index in [-0.39, 0.29) is 17.4 Å². The maximum atomic E-state index is 12.2. The monoisotopic (exact) mass is 327 g/mol. The molecule has 0 aliphatic carbocycles. The Morgan fingerprint density at radius 2 is 2.09 bits per heavy atom. The van der Waals surface area contributed by atoms with Crippen LogP contribution in [0.4, 0.5) is 5.82 Å². The fourth-order valence-electron chi connectivity index (χ4n) is 2.13. The molecule has 0 aliphatic rings. The van der Waals surface area contributed by atoms with Gasteiger partial charge in [0.15, 0.2) is 11.5 Å². The standard InChI is InChI=1S/C16H17N5OS/c1-11-4-6-12(7-5-11)10-21-15(17)14(19-20-21)16(22)18-9-13-3-2-8-23-13/h2-8H,9-10,17H2,1H3,(H,18,22). The number of aromatic nitrogens is 3. The van der Waals surface area contributed by atoms with Crippen LogP contribution in [0.1, 0.15) is 26.5 Å². The largest absolute Gasteiger partial charge is 0.382 e. The maximum Gasteiger partial charge on any atom is 0.276 e. The van der Waals surface area contributed by atoms with Gasteiger partial charge in [0, 0.05) is 4.88 Å². The first-order valence-electron chi connectivity index (χ1n) is 7.18. The Balaban J connectivity index is 1.68. The van der Waals surface area contributed by atoms with Crippen LogP contribution in [0.15, 0.2) is 41.8 Å². The number of nitrogens with one attached hydrogen (secondary N) is 1. The highest BCUT2D eigenvalue weighted by molar-refractivity contribution is 7.09. The van der Waals surface area contributed by atoms with E-state index in [4.69, 9.17) is 5.73 Å². The summed E-state index contributed by atoms with van der Waals surface area (Å²) in [6.07, 6.45) is 0. The molecule has 1 aromatic carbocycles. The van der Waals surface area contributed by atoms with Gasteiger partial charge in [0.05, 0.1) is 13.1 Å². The molecule has 1 amide bonds. The molecule has 23 heavy (non-hydrogen) atoms. The van der Waals surface area contributed by atoms with Crippen LogP contribution < -0.4 is 11.1 Å². The number of carbonyl (C=O) groups is 1. The van der Waals surface area contributed by atoms with E-state index in [1.807, 2.05) is 48.7 Å². The fraction of sp³-hybridized carbons (Fsp3) is 0.188. The molecule has 0 saturated heterocycles. The Kier molecular flexibility index (Phi) is 4.38. The number of hydrogen-bond donors (Lipinski definition) is 2. The van der Waals surface area contributed by atoms with Gasteiger partial charge in [0.1, 0.15) is 0 Å². The van der Waals surface area contributed by atoms with Crippen molar-refractivity contribution in [1.82, 2.24) is 20.3 Å². The van der Waals surface area contributed by atoms with E-state index in [1.165, 1.54) is 10.2 Å². The van der Waals surface area contributed by atoms with Gasteiger partial charge < -0.3 is 11.1 Å². The lowest BCUT2D eigenvalue weighted by Crippen LogP contribution is -2.24. The Bertz CT molecular complexity index is 793. The van der Waals surface area contributed by atoms with Crippen molar-refractivity contribution < 1.29 is 4.79 Å². The second-order valence-corrected chi connectivity index (χ2v) is 6.26. The number of amides is 1. The molecule has 0 radical (unpaired) electrons. The molecule has 0 fully saturated rings. The zero-order valence-electron chi connectivity index (χ0n) is 12.7. The number of carbonyl (C=O) groups excluding carboxylic acids is 1. The molecule has 3 rings (SSSR count). The smallest absolute Gasteiger partial charge is 0.276 e. The summed E-state index contributed by atoms with van der Waals surface area (Å²) in [7, 11) is 0. The molecule has 2 aromatic heterocycles. The minimum absolute atomic E-state index is 0.161. The van der Waals surface area contributed by atoms with Crippen molar-refractivity contribution in [3.05, 3.63) is 63.5 Å². The Labute approximate surface area is 137 Å². The molecule has 0 aliphatic heterocycles. The Morgan fingerprint density at radius 1 is 1.30 bits per heavy atom. The van der Waals surface area contributed by atoms with Gasteiger partial charge in [-0.1, -0.05) is 41.1 Å². The lowest BCUT2D eigenvalue weighted by Gasteiger charge is -2.05. The number of hydrogen-bond acceptors (Lipinski definition) is 5. The van der Waals surface area contributed by atoms with Crippen molar-refractivity contribution >= 4 is 23.1 Å². The number of nitrogen functional groups attached to an aromatic ring is 1. The van der Waals surface area contributed by atoms with Crippen LogP contribution in [0.25, 0.3) is 0 Å². The SMILES string of the molecule is Cc1ccc(Cn2nnc(C(=O)NCc3cccs3)c2N)cc1.